The van der Waals surface area contributed by atoms with Crippen molar-refractivity contribution in [1.82, 2.24) is 9.97 Å². The number of rotatable bonds is 5. The largest absolute Gasteiger partial charge is 0.507 e. The van der Waals surface area contributed by atoms with Crippen LogP contribution in [0.1, 0.15) is 11.3 Å². The highest BCUT2D eigenvalue weighted by atomic mass is 32.1. The summed E-state index contributed by atoms with van der Waals surface area (Å²) in [6, 6.07) is 9.01. The number of hydrogen-bond acceptors (Lipinski definition) is 7. The summed E-state index contributed by atoms with van der Waals surface area (Å²) >= 11 is 1.47. The topological polar surface area (TPSA) is 79.6 Å². The van der Waals surface area contributed by atoms with Crippen LogP contribution in [-0.2, 0) is 0 Å². The number of phenols is 1. The Kier molecular flexibility index (Phi) is 4.72. The molecule has 0 aliphatic heterocycles. The summed E-state index contributed by atoms with van der Waals surface area (Å²) in [6.07, 6.45) is 3.29. The van der Waals surface area contributed by atoms with Crippen LogP contribution in [0.4, 0.5) is 5.13 Å². The van der Waals surface area contributed by atoms with Crippen LogP contribution in [-0.4, -0.2) is 28.4 Å². The molecule has 2 aromatic heterocycles. The van der Waals surface area contributed by atoms with Crippen molar-refractivity contribution in [2.45, 2.75) is 6.92 Å². The molecule has 0 bridgehead atoms. The van der Waals surface area contributed by atoms with Gasteiger partial charge in [-0.05, 0) is 30.7 Å². The van der Waals surface area contributed by atoms with Gasteiger partial charge in [0.05, 0.1) is 19.0 Å². The van der Waals surface area contributed by atoms with E-state index >= 15 is 0 Å². The van der Waals surface area contributed by atoms with E-state index in [0.717, 1.165) is 16.8 Å². The van der Waals surface area contributed by atoms with Gasteiger partial charge >= 0.3 is 0 Å². The van der Waals surface area contributed by atoms with Gasteiger partial charge in [-0.1, -0.05) is 6.07 Å². The van der Waals surface area contributed by atoms with Crippen LogP contribution in [0.25, 0.3) is 11.1 Å². The van der Waals surface area contributed by atoms with Gasteiger partial charge in [-0.2, -0.15) is 5.10 Å². The van der Waals surface area contributed by atoms with Crippen LogP contribution in [0, 0.1) is 6.92 Å². The first-order chi connectivity index (χ1) is 11.7. The molecule has 0 aliphatic carbocycles. The molecule has 3 aromatic rings. The molecule has 0 unspecified atom stereocenters. The summed E-state index contributed by atoms with van der Waals surface area (Å²) in [4.78, 5) is 8.45. The smallest absolute Gasteiger partial charge is 0.212 e. The lowest BCUT2D eigenvalue weighted by Crippen LogP contribution is -1.92. The lowest BCUT2D eigenvalue weighted by Gasteiger charge is -2.05. The summed E-state index contributed by atoms with van der Waals surface area (Å²) in [5.41, 5.74) is 6.24. The average molecular weight is 340 g/mol. The zero-order valence-corrected chi connectivity index (χ0v) is 14.0. The van der Waals surface area contributed by atoms with E-state index in [1.807, 2.05) is 30.5 Å². The molecule has 0 aliphatic rings. The van der Waals surface area contributed by atoms with Gasteiger partial charge in [-0.15, -0.1) is 11.3 Å². The zero-order chi connectivity index (χ0) is 16.9. The van der Waals surface area contributed by atoms with Crippen molar-refractivity contribution in [3.63, 3.8) is 0 Å². The van der Waals surface area contributed by atoms with Crippen molar-refractivity contribution in [3.8, 4) is 22.8 Å². The first-order valence-electron chi connectivity index (χ1n) is 7.20. The van der Waals surface area contributed by atoms with E-state index in [9.17, 15) is 5.11 Å². The van der Waals surface area contributed by atoms with E-state index in [2.05, 4.69) is 20.5 Å². The number of phenolic OH excluding ortho intramolecular Hbond substituents is 1. The third-order valence-electron chi connectivity index (χ3n) is 3.29. The molecule has 1 aromatic carbocycles. The Morgan fingerprint density at radius 3 is 2.75 bits per heavy atom. The lowest BCUT2D eigenvalue weighted by molar-refractivity contribution is 0.398. The molecule has 0 fully saturated rings. The number of pyridine rings is 1. The highest BCUT2D eigenvalue weighted by Crippen LogP contribution is 2.25. The highest BCUT2D eigenvalue weighted by Gasteiger charge is 2.04. The fraction of sp³-hybridized carbons (Fsp3) is 0.118. The van der Waals surface area contributed by atoms with Gasteiger partial charge in [-0.3, -0.25) is 5.43 Å². The molecule has 7 heteroatoms. The first kappa shape index (κ1) is 15.9. The van der Waals surface area contributed by atoms with E-state index in [-0.39, 0.29) is 5.75 Å². The third kappa shape index (κ3) is 3.69. The van der Waals surface area contributed by atoms with Crippen LogP contribution < -0.4 is 10.2 Å². The molecule has 0 radical (unpaired) electrons. The summed E-state index contributed by atoms with van der Waals surface area (Å²) in [5.74, 6) is 0.711. The number of nitrogens with one attached hydrogen (secondary N) is 1. The quantitative estimate of drug-likeness (QED) is 0.547. The second-order valence-corrected chi connectivity index (χ2v) is 5.88. The predicted octanol–water partition coefficient (Wildman–Crippen LogP) is 3.67. The Bertz CT molecular complexity index is 859. The van der Waals surface area contributed by atoms with E-state index in [1.165, 1.54) is 11.3 Å². The second-order valence-electron chi connectivity index (χ2n) is 5.03. The molecular weight excluding hydrogens is 324 g/mol. The Morgan fingerprint density at radius 1 is 1.25 bits per heavy atom. The second kappa shape index (κ2) is 7.10. The maximum Gasteiger partial charge on any atom is 0.212 e. The molecular formula is C17H16N4O2S. The number of ether oxygens (including phenoxy) is 1. The number of methoxy groups -OCH3 is 1. The molecule has 3 rings (SSSR count). The van der Waals surface area contributed by atoms with Crippen LogP contribution in [0.3, 0.4) is 0 Å². The molecule has 24 heavy (non-hydrogen) atoms. The summed E-state index contributed by atoms with van der Waals surface area (Å²) in [5, 5.41) is 16.8. The molecule has 2 N–H and O–H groups in total. The van der Waals surface area contributed by atoms with Crippen molar-refractivity contribution in [3.05, 3.63) is 53.2 Å². The maximum atomic E-state index is 10.00. The zero-order valence-electron chi connectivity index (χ0n) is 13.2. The minimum atomic E-state index is 0.154. The molecule has 0 amide bonds. The SMILES string of the molecule is COc1ccc(-c2ccc(O)c(C=NNc3nc(C)cs3)c2)cn1. The molecule has 122 valence electrons. The van der Waals surface area contributed by atoms with Crippen LogP contribution in [0.2, 0.25) is 0 Å². The van der Waals surface area contributed by atoms with Crippen molar-refractivity contribution in [2.75, 3.05) is 12.5 Å². The lowest BCUT2D eigenvalue weighted by atomic mass is 10.0. The Balaban J connectivity index is 1.80. The molecule has 0 saturated carbocycles. The molecule has 0 spiro atoms. The molecule has 2 heterocycles. The number of nitrogens with zero attached hydrogens (tertiary/aromatic N) is 3. The van der Waals surface area contributed by atoms with E-state index in [0.29, 0.717) is 16.6 Å². The van der Waals surface area contributed by atoms with Crippen molar-refractivity contribution in [1.29, 1.82) is 0 Å². The van der Waals surface area contributed by atoms with E-state index < -0.39 is 0 Å². The van der Waals surface area contributed by atoms with Crippen molar-refractivity contribution >= 4 is 22.7 Å². The van der Waals surface area contributed by atoms with Gasteiger partial charge in [0.2, 0.25) is 11.0 Å². The molecule has 0 atom stereocenters. The Hall–Kier alpha value is -2.93. The minimum absolute atomic E-state index is 0.154. The van der Waals surface area contributed by atoms with Gasteiger partial charge in [0, 0.05) is 28.8 Å². The summed E-state index contributed by atoms with van der Waals surface area (Å²) in [6.45, 7) is 1.92. The number of aromatic nitrogens is 2. The molecule has 0 saturated heterocycles. The number of thiazole rings is 1. The van der Waals surface area contributed by atoms with E-state index in [4.69, 9.17) is 4.74 Å². The number of hydrazone groups is 1. The Labute approximate surface area is 143 Å². The first-order valence-corrected chi connectivity index (χ1v) is 8.08. The van der Waals surface area contributed by atoms with Crippen LogP contribution >= 0.6 is 11.3 Å². The summed E-state index contributed by atoms with van der Waals surface area (Å²) < 4.78 is 5.06. The fourth-order valence-electron chi connectivity index (χ4n) is 2.07. The standard InChI is InChI=1S/C17H16N4O2S/c1-11-10-24-17(20-11)21-19-9-14-7-12(3-5-15(14)22)13-4-6-16(23-2)18-8-13/h3-10,22H,1-2H3,(H,20,21). The fourth-order valence-corrected chi connectivity index (χ4v) is 2.71. The number of aromatic hydroxyl groups is 1. The van der Waals surface area contributed by atoms with Gasteiger partial charge < -0.3 is 9.84 Å². The highest BCUT2D eigenvalue weighted by molar-refractivity contribution is 7.13. The van der Waals surface area contributed by atoms with Gasteiger partial charge in [0.1, 0.15) is 5.75 Å². The van der Waals surface area contributed by atoms with Crippen LogP contribution in [0.15, 0.2) is 47.0 Å². The Morgan fingerprint density at radius 2 is 2.08 bits per heavy atom. The predicted molar refractivity (Wildman–Crippen MR) is 96.0 cm³/mol. The van der Waals surface area contributed by atoms with E-state index in [1.54, 1.807) is 31.7 Å². The van der Waals surface area contributed by atoms with Gasteiger partial charge in [0.25, 0.3) is 0 Å². The van der Waals surface area contributed by atoms with Crippen LogP contribution in [0.5, 0.6) is 11.6 Å². The van der Waals surface area contributed by atoms with Gasteiger partial charge in [-0.25, -0.2) is 9.97 Å². The van der Waals surface area contributed by atoms with Crippen molar-refractivity contribution in [2.24, 2.45) is 5.10 Å². The number of hydrogen-bond donors (Lipinski definition) is 2. The number of aryl methyl sites for hydroxylation is 1. The third-order valence-corrected chi connectivity index (χ3v) is 4.15. The molecule has 6 nitrogen and oxygen atoms in total. The van der Waals surface area contributed by atoms with Gasteiger partial charge in [0.15, 0.2) is 0 Å². The minimum Gasteiger partial charge on any atom is -0.507 e. The maximum absolute atomic E-state index is 10.00. The van der Waals surface area contributed by atoms with Crippen molar-refractivity contribution < 1.29 is 9.84 Å². The monoisotopic (exact) mass is 340 g/mol. The summed E-state index contributed by atoms with van der Waals surface area (Å²) in [7, 11) is 1.58. The number of benzene rings is 1. The normalized spacial score (nSPS) is 10.9. The average Bonchev–Trinajstić information content (AvgIpc) is 3.02. The number of anilines is 1.